The molecule has 94 valence electrons. The number of anilines is 1. The fourth-order valence-corrected chi connectivity index (χ4v) is 2.83. The summed E-state index contributed by atoms with van der Waals surface area (Å²) in [4.78, 5) is 11.9. The van der Waals surface area contributed by atoms with Crippen LogP contribution in [0.4, 0.5) is 5.69 Å². The molecule has 0 amide bonds. The van der Waals surface area contributed by atoms with Crippen molar-refractivity contribution in [3.8, 4) is 0 Å². The van der Waals surface area contributed by atoms with Crippen LogP contribution in [0.1, 0.15) is 26.3 Å². The Morgan fingerprint density at radius 1 is 1.53 bits per heavy atom. The van der Waals surface area contributed by atoms with Crippen molar-refractivity contribution in [2.45, 2.75) is 26.2 Å². The van der Waals surface area contributed by atoms with Crippen molar-refractivity contribution in [1.82, 2.24) is 0 Å². The Hall–Kier alpha value is -0.300. The van der Waals surface area contributed by atoms with Gasteiger partial charge in [0.05, 0.1) is 17.7 Å². The van der Waals surface area contributed by atoms with Gasteiger partial charge < -0.3 is 10.5 Å². The molecule has 1 aromatic rings. The SMILES string of the molecule is CCOC(=O)C(C)(C)c1cc(Br)c(N)c(I)c1. The first-order chi connectivity index (χ1) is 7.80. The molecule has 0 heterocycles. The maximum atomic E-state index is 11.9. The number of ether oxygens (including phenoxy) is 1. The van der Waals surface area contributed by atoms with Gasteiger partial charge in [-0.25, -0.2) is 0 Å². The second-order valence-electron chi connectivity index (χ2n) is 4.20. The minimum Gasteiger partial charge on any atom is -0.465 e. The van der Waals surface area contributed by atoms with Crippen molar-refractivity contribution >= 4 is 50.2 Å². The summed E-state index contributed by atoms with van der Waals surface area (Å²) in [6.07, 6.45) is 0. The predicted octanol–water partition coefficient (Wildman–Crippen LogP) is 3.48. The van der Waals surface area contributed by atoms with Crippen molar-refractivity contribution in [2.75, 3.05) is 12.3 Å². The van der Waals surface area contributed by atoms with Crippen LogP contribution in [0.3, 0.4) is 0 Å². The topological polar surface area (TPSA) is 52.3 Å². The smallest absolute Gasteiger partial charge is 0.315 e. The molecule has 0 radical (unpaired) electrons. The zero-order valence-corrected chi connectivity index (χ0v) is 13.8. The highest BCUT2D eigenvalue weighted by Crippen LogP contribution is 2.33. The molecule has 0 fully saturated rings. The number of hydrogen-bond donors (Lipinski definition) is 1. The number of esters is 1. The van der Waals surface area contributed by atoms with E-state index in [1.807, 2.05) is 26.0 Å². The van der Waals surface area contributed by atoms with E-state index in [-0.39, 0.29) is 5.97 Å². The Labute approximate surface area is 123 Å². The van der Waals surface area contributed by atoms with E-state index in [1.54, 1.807) is 6.92 Å². The van der Waals surface area contributed by atoms with Crippen LogP contribution in [0.25, 0.3) is 0 Å². The molecule has 0 atom stereocenters. The Bertz CT molecular complexity index is 423. The van der Waals surface area contributed by atoms with Crippen LogP contribution >= 0.6 is 38.5 Å². The number of carbonyl (C=O) groups excluding carboxylic acids is 1. The number of rotatable bonds is 3. The molecule has 0 aromatic heterocycles. The highest BCUT2D eigenvalue weighted by molar-refractivity contribution is 14.1. The molecule has 1 rings (SSSR count). The summed E-state index contributed by atoms with van der Waals surface area (Å²) >= 11 is 5.55. The summed E-state index contributed by atoms with van der Waals surface area (Å²) in [7, 11) is 0. The van der Waals surface area contributed by atoms with E-state index in [0.29, 0.717) is 12.3 Å². The third-order valence-electron chi connectivity index (χ3n) is 2.59. The van der Waals surface area contributed by atoms with Crippen LogP contribution in [0, 0.1) is 3.57 Å². The van der Waals surface area contributed by atoms with E-state index >= 15 is 0 Å². The molecule has 0 spiro atoms. The molecule has 0 aliphatic carbocycles. The van der Waals surface area contributed by atoms with Crippen molar-refractivity contribution in [3.63, 3.8) is 0 Å². The van der Waals surface area contributed by atoms with Crippen LogP contribution in [-0.4, -0.2) is 12.6 Å². The summed E-state index contributed by atoms with van der Waals surface area (Å²) < 4.78 is 6.81. The number of nitrogens with two attached hydrogens (primary N) is 1. The highest BCUT2D eigenvalue weighted by atomic mass is 127. The maximum Gasteiger partial charge on any atom is 0.315 e. The minimum atomic E-state index is -0.674. The van der Waals surface area contributed by atoms with E-state index in [9.17, 15) is 4.79 Å². The lowest BCUT2D eigenvalue weighted by Crippen LogP contribution is -2.31. The molecule has 0 aliphatic heterocycles. The first kappa shape index (κ1) is 14.8. The quantitative estimate of drug-likeness (QED) is 0.470. The molecule has 1 aromatic carbocycles. The fraction of sp³-hybridized carbons (Fsp3) is 0.417. The minimum absolute atomic E-state index is 0.229. The third kappa shape index (κ3) is 3.13. The number of halogens is 2. The summed E-state index contributed by atoms with van der Waals surface area (Å²) in [5.41, 5.74) is 6.76. The predicted molar refractivity (Wildman–Crippen MR) is 80.9 cm³/mol. The van der Waals surface area contributed by atoms with Gasteiger partial charge in [-0.05, 0) is 77.0 Å². The van der Waals surface area contributed by atoms with E-state index in [2.05, 4.69) is 38.5 Å². The van der Waals surface area contributed by atoms with Gasteiger partial charge in [-0.15, -0.1) is 0 Å². The first-order valence-electron chi connectivity index (χ1n) is 5.23. The lowest BCUT2D eigenvalue weighted by Gasteiger charge is -2.23. The lowest BCUT2D eigenvalue weighted by atomic mass is 9.85. The van der Waals surface area contributed by atoms with E-state index < -0.39 is 5.41 Å². The Kier molecular flexibility index (Phi) is 4.83. The Morgan fingerprint density at radius 2 is 2.12 bits per heavy atom. The van der Waals surface area contributed by atoms with E-state index in [1.165, 1.54) is 0 Å². The zero-order valence-electron chi connectivity index (χ0n) is 10.0. The normalized spacial score (nSPS) is 11.4. The molecule has 3 nitrogen and oxygen atoms in total. The van der Waals surface area contributed by atoms with Crippen molar-refractivity contribution < 1.29 is 9.53 Å². The molecule has 0 unspecified atom stereocenters. The van der Waals surface area contributed by atoms with Gasteiger partial charge in [0.1, 0.15) is 0 Å². The van der Waals surface area contributed by atoms with Gasteiger partial charge in [0, 0.05) is 8.04 Å². The van der Waals surface area contributed by atoms with Crippen molar-refractivity contribution in [2.24, 2.45) is 0 Å². The molecule has 0 saturated heterocycles. The number of nitrogen functional groups attached to an aromatic ring is 1. The van der Waals surface area contributed by atoms with Gasteiger partial charge >= 0.3 is 5.97 Å². The third-order valence-corrected chi connectivity index (χ3v) is 4.14. The summed E-state index contributed by atoms with van der Waals surface area (Å²) in [5, 5.41) is 0. The lowest BCUT2D eigenvalue weighted by molar-refractivity contribution is -0.148. The highest BCUT2D eigenvalue weighted by Gasteiger charge is 2.32. The monoisotopic (exact) mass is 411 g/mol. The molecule has 5 heteroatoms. The van der Waals surface area contributed by atoms with Gasteiger partial charge in [0.25, 0.3) is 0 Å². The summed E-state index contributed by atoms with van der Waals surface area (Å²) in [6.45, 7) is 5.88. The largest absolute Gasteiger partial charge is 0.465 e. The summed E-state index contributed by atoms with van der Waals surface area (Å²) in [6, 6.07) is 3.78. The first-order valence-corrected chi connectivity index (χ1v) is 7.10. The van der Waals surface area contributed by atoms with Gasteiger partial charge in [-0.2, -0.15) is 0 Å². The van der Waals surface area contributed by atoms with E-state index in [0.717, 1.165) is 13.6 Å². The maximum absolute atomic E-state index is 11.9. The molecule has 17 heavy (non-hydrogen) atoms. The zero-order chi connectivity index (χ0) is 13.2. The van der Waals surface area contributed by atoms with Crippen LogP contribution in [0.15, 0.2) is 16.6 Å². The number of carbonyl (C=O) groups is 1. The second kappa shape index (κ2) is 5.56. The number of hydrogen-bond acceptors (Lipinski definition) is 3. The molecule has 0 saturated carbocycles. The van der Waals surface area contributed by atoms with Crippen molar-refractivity contribution in [3.05, 3.63) is 25.7 Å². The van der Waals surface area contributed by atoms with Gasteiger partial charge in [0.15, 0.2) is 0 Å². The Morgan fingerprint density at radius 3 is 2.59 bits per heavy atom. The molecular weight excluding hydrogens is 397 g/mol. The molecular formula is C12H15BrINO2. The van der Waals surface area contributed by atoms with Gasteiger partial charge in [-0.1, -0.05) is 0 Å². The van der Waals surface area contributed by atoms with Gasteiger partial charge in [0.2, 0.25) is 0 Å². The number of benzene rings is 1. The van der Waals surface area contributed by atoms with Gasteiger partial charge in [-0.3, -0.25) is 4.79 Å². The second-order valence-corrected chi connectivity index (χ2v) is 6.22. The molecule has 0 aliphatic rings. The standard InChI is InChI=1S/C12H15BrINO2/c1-4-17-11(16)12(2,3)7-5-8(13)10(15)9(14)6-7/h5-6H,4,15H2,1-3H3. The van der Waals surface area contributed by atoms with Crippen LogP contribution in [-0.2, 0) is 14.9 Å². The molecule has 0 bridgehead atoms. The van der Waals surface area contributed by atoms with E-state index in [4.69, 9.17) is 10.5 Å². The average Bonchev–Trinajstić information content (AvgIpc) is 2.25. The Balaban J connectivity index is 3.19. The molecule has 2 N–H and O–H groups in total. The van der Waals surface area contributed by atoms with Crippen LogP contribution in [0.5, 0.6) is 0 Å². The fourth-order valence-electron chi connectivity index (χ4n) is 1.37. The van der Waals surface area contributed by atoms with Crippen LogP contribution < -0.4 is 5.73 Å². The van der Waals surface area contributed by atoms with Crippen LogP contribution in [0.2, 0.25) is 0 Å². The summed E-state index contributed by atoms with van der Waals surface area (Å²) in [5.74, 6) is -0.229. The average molecular weight is 412 g/mol. The van der Waals surface area contributed by atoms with Crippen molar-refractivity contribution in [1.29, 1.82) is 0 Å².